The van der Waals surface area contributed by atoms with E-state index in [1.807, 2.05) is 39.0 Å². The number of hydrogen-bond acceptors (Lipinski definition) is 10. The summed E-state index contributed by atoms with van der Waals surface area (Å²) in [5, 5.41) is 43.9. The molecule has 3 rings (SSSR count). The molecule has 11 heteroatoms. The van der Waals surface area contributed by atoms with Gasteiger partial charge in [-0.1, -0.05) is 57.1 Å². The molecule has 0 radical (unpaired) electrons. The van der Waals surface area contributed by atoms with Crippen LogP contribution in [0.4, 0.5) is 4.79 Å². The Morgan fingerprint density at radius 2 is 1.82 bits per heavy atom. The van der Waals surface area contributed by atoms with Gasteiger partial charge < -0.3 is 44.4 Å². The molecule has 49 heavy (non-hydrogen) atoms. The molecule has 11 nitrogen and oxygen atoms in total. The first-order valence-electron chi connectivity index (χ1n) is 18.4. The van der Waals surface area contributed by atoms with E-state index in [0.717, 1.165) is 44.5 Å². The van der Waals surface area contributed by atoms with Crippen LogP contribution in [0.25, 0.3) is 0 Å². The van der Waals surface area contributed by atoms with Gasteiger partial charge in [0, 0.05) is 38.4 Å². The van der Waals surface area contributed by atoms with Crippen LogP contribution in [-0.4, -0.2) is 123 Å². The molecule has 0 aromatic rings. The smallest absolute Gasteiger partial charge is 0.410 e. The van der Waals surface area contributed by atoms with Gasteiger partial charge in [0.15, 0.2) is 6.10 Å². The van der Waals surface area contributed by atoms with Crippen LogP contribution in [0.15, 0.2) is 36.0 Å². The van der Waals surface area contributed by atoms with Crippen molar-refractivity contribution < 1.29 is 44.2 Å². The van der Waals surface area contributed by atoms with E-state index in [1.165, 1.54) is 0 Å². The Labute approximate surface area is 294 Å². The Balaban J connectivity index is 1.75. The number of fused-ring (bicyclic) bond motifs is 1. The van der Waals surface area contributed by atoms with Gasteiger partial charge in [-0.05, 0) is 78.0 Å². The number of amides is 1. The van der Waals surface area contributed by atoms with Crippen LogP contribution in [0, 0.1) is 11.8 Å². The topological polar surface area (TPSA) is 153 Å². The molecule has 4 N–H and O–H groups in total. The van der Waals surface area contributed by atoms with Gasteiger partial charge in [0.2, 0.25) is 0 Å². The van der Waals surface area contributed by atoms with Crippen LogP contribution >= 0.6 is 0 Å². The molecular formula is C38H64N2O9. The van der Waals surface area contributed by atoms with E-state index in [4.69, 9.17) is 14.2 Å². The second-order valence-electron chi connectivity index (χ2n) is 15.2. The van der Waals surface area contributed by atoms with Crippen molar-refractivity contribution in [1.29, 1.82) is 0 Å². The van der Waals surface area contributed by atoms with E-state index >= 15 is 0 Å². The first kappa shape index (κ1) is 41.1. The third-order valence-corrected chi connectivity index (χ3v) is 10.0. The van der Waals surface area contributed by atoms with Crippen molar-refractivity contribution in [3.63, 3.8) is 0 Å². The highest BCUT2D eigenvalue weighted by atomic mass is 16.6. The van der Waals surface area contributed by atoms with Gasteiger partial charge in [-0.3, -0.25) is 4.79 Å². The van der Waals surface area contributed by atoms with Crippen LogP contribution < -0.4 is 0 Å². The number of allylic oxidation sites excluding steroid dienone is 4. The standard InChI is InChI=1S/C38H64N2O9/c1-7-8-18-39-19-10-20-40(22-21-39)36(44)49-33-13-12-28(3)24-27(2)11-9-16-37(5,45)26-32-35(48-32)29(4)31(42)15-23-47-34(43)25-30(41)14-17-38(33,6)46/h9,11-13,16,28-33,35,41-42,45-46H,7-8,10,14-15,17-26H2,1-6H3/b13-12+,16-9+,27-11+. The predicted octanol–water partition coefficient (Wildman–Crippen LogP) is 4.52. The number of carbonyl (C=O) groups is 2. The van der Waals surface area contributed by atoms with Crippen molar-refractivity contribution in [2.45, 2.75) is 141 Å². The molecule has 3 heterocycles. The average Bonchev–Trinajstić information content (AvgIpc) is 3.82. The van der Waals surface area contributed by atoms with Crippen molar-refractivity contribution in [3.8, 4) is 0 Å². The van der Waals surface area contributed by atoms with Gasteiger partial charge in [0.05, 0.1) is 43.0 Å². The minimum Gasteiger partial charge on any atom is -0.465 e. The van der Waals surface area contributed by atoms with Crippen molar-refractivity contribution in [1.82, 2.24) is 9.80 Å². The van der Waals surface area contributed by atoms with E-state index in [2.05, 4.69) is 11.8 Å². The molecule has 0 aliphatic carbocycles. The highest BCUT2D eigenvalue weighted by Gasteiger charge is 2.47. The summed E-state index contributed by atoms with van der Waals surface area (Å²) in [5.74, 6) is -0.758. The Morgan fingerprint density at radius 3 is 2.55 bits per heavy atom. The third-order valence-electron chi connectivity index (χ3n) is 10.0. The molecule has 0 aromatic carbocycles. The summed E-state index contributed by atoms with van der Waals surface area (Å²) in [5.41, 5.74) is -1.53. The van der Waals surface area contributed by atoms with Crippen molar-refractivity contribution >= 4 is 12.1 Å². The minimum atomic E-state index is -1.52. The average molecular weight is 693 g/mol. The van der Waals surface area contributed by atoms with Gasteiger partial charge >= 0.3 is 12.1 Å². The van der Waals surface area contributed by atoms with E-state index in [9.17, 15) is 30.0 Å². The van der Waals surface area contributed by atoms with Crippen LogP contribution in [0.3, 0.4) is 0 Å². The highest BCUT2D eigenvalue weighted by molar-refractivity contribution is 5.70. The van der Waals surface area contributed by atoms with E-state index in [-0.39, 0.29) is 56.3 Å². The molecule has 2 fully saturated rings. The fourth-order valence-corrected chi connectivity index (χ4v) is 6.66. The molecule has 9 unspecified atom stereocenters. The maximum Gasteiger partial charge on any atom is 0.410 e. The second-order valence-corrected chi connectivity index (χ2v) is 15.2. The molecular weight excluding hydrogens is 628 g/mol. The Kier molecular flexibility index (Phi) is 16.3. The Bertz CT molecular complexity index is 1140. The molecule has 3 aliphatic heterocycles. The summed E-state index contributed by atoms with van der Waals surface area (Å²) >= 11 is 0. The molecule has 9 atom stereocenters. The van der Waals surface area contributed by atoms with Crippen LogP contribution in [0.1, 0.15) is 99.3 Å². The van der Waals surface area contributed by atoms with Crippen LogP contribution in [0.2, 0.25) is 0 Å². The molecule has 2 saturated heterocycles. The lowest BCUT2D eigenvalue weighted by Crippen LogP contribution is -2.45. The fourth-order valence-electron chi connectivity index (χ4n) is 6.66. The lowest BCUT2D eigenvalue weighted by molar-refractivity contribution is -0.147. The number of aliphatic hydroxyl groups excluding tert-OH is 2. The molecule has 3 aliphatic rings. The van der Waals surface area contributed by atoms with E-state index in [0.29, 0.717) is 25.9 Å². The third kappa shape index (κ3) is 14.5. The zero-order chi connectivity index (χ0) is 36.2. The second kappa shape index (κ2) is 19.4. The van der Waals surface area contributed by atoms with Gasteiger partial charge in [0.25, 0.3) is 0 Å². The Morgan fingerprint density at radius 1 is 1.06 bits per heavy atom. The molecule has 1 amide bonds. The number of cyclic esters (lactones) is 1. The number of epoxide rings is 1. The molecule has 0 bridgehead atoms. The summed E-state index contributed by atoms with van der Waals surface area (Å²) in [6, 6.07) is 0. The van der Waals surface area contributed by atoms with Crippen LogP contribution in [-0.2, 0) is 19.0 Å². The fraction of sp³-hybridized carbons (Fsp3) is 0.789. The number of hydrogen-bond donors (Lipinski definition) is 4. The largest absolute Gasteiger partial charge is 0.465 e. The molecule has 280 valence electrons. The summed E-state index contributed by atoms with van der Waals surface area (Å²) < 4.78 is 17.1. The number of esters is 1. The normalized spacial score (nSPS) is 39.2. The minimum absolute atomic E-state index is 0.00777. The maximum absolute atomic E-state index is 13.4. The quantitative estimate of drug-likeness (QED) is 0.188. The van der Waals surface area contributed by atoms with E-state index in [1.54, 1.807) is 30.9 Å². The Hall–Kier alpha value is -2.28. The zero-order valence-corrected chi connectivity index (χ0v) is 30.8. The van der Waals surface area contributed by atoms with Gasteiger partial charge in [0.1, 0.15) is 5.60 Å². The SMILES string of the molecule is CCCCN1CCCN(C(=O)OC2/C=C/C(C)C/C(C)=C/C=C/C(C)(O)CC3OC3C(C)C(O)CCOC(=O)CC(O)CCC2(C)O)CC1. The summed E-state index contributed by atoms with van der Waals surface area (Å²) in [6.07, 6.45) is 9.87. The summed E-state index contributed by atoms with van der Waals surface area (Å²) in [7, 11) is 0. The number of unbranched alkanes of at least 4 members (excludes halogenated alkanes) is 1. The van der Waals surface area contributed by atoms with E-state index < -0.39 is 41.6 Å². The van der Waals surface area contributed by atoms with Gasteiger partial charge in [-0.25, -0.2) is 4.79 Å². The molecule has 0 saturated carbocycles. The first-order valence-corrected chi connectivity index (χ1v) is 18.4. The number of carbonyl (C=O) groups excluding carboxylic acids is 2. The van der Waals surface area contributed by atoms with Gasteiger partial charge in [-0.15, -0.1) is 0 Å². The van der Waals surface area contributed by atoms with Gasteiger partial charge in [-0.2, -0.15) is 0 Å². The highest BCUT2D eigenvalue weighted by Crippen LogP contribution is 2.37. The molecule has 0 spiro atoms. The van der Waals surface area contributed by atoms with Crippen molar-refractivity contribution in [2.75, 3.05) is 39.3 Å². The lowest BCUT2D eigenvalue weighted by Gasteiger charge is -2.33. The first-order chi connectivity index (χ1) is 23.1. The van der Waals surface area contributed by atoms with Crippen molar-refractivity contribution in [3.05, 3.63) is 36.0 Å². The number of aliphatic hydroxyl groups is 4. The summed E-state index contributed by atoms with van der Waals surface area (Å²) in [6.45, 7) is 15.2. The monoisotopic (exact) mass is 692 g/mol. The number of rotatable bonds is 4. The predicted molar refractivity (Wildman–Crippen MR) is 189 cm³/mol. The van der Waals surface area contributed by atoms with Crippen LogP contribution in [0.5, 0.6) is 0 Å². The maximum atomic E-state index is 13.4. The number of ether oxygens (including phenoxy) is 3. The van der Waals surface area contributed by atoms with Crippen molar-refractivity contribution in [2.24, 2.45) is 11.8 Å². The number of nitrogens with zero attached hydrogens (tertiary/aromatic N) is 2. The summed E-state index contributed by atoms with van der Waals surface area (Å²) in [4.78, 5) is 30.0. The lowest BCUT2D eigenvalue weighted by atomic mass is 9.89. The zero-order valence-electron chi connectivity index (χ0n) is 30.8. The molecule has 0 aromatic heterocycles.